The Morgan fingerprint density at radius 2 is 1.50 bits per heavy atom. The summed E-state index contributed by atoms with van der Waals surface area (Å²) < 4.78 is 5.34. The minimum atomic E-state index is -1.29. The maximum absolute atomic E-state index is 13.5. The second kappa shape index (κ2) is 15.3. The van der Waals surface area contributed by atoms with Gasteiger partial charge in [-0.25, -0.2) is 0 Å². The summed E-state index contributed by atoms with van der Waals surface area (Å²) in [6.07, 6.45) is 1.21. The minimum Gasteiger partial charge on any atom is -0.550 e. The van der Waals surface area contributed by atoms with Crippen molar-refractivity contribution in [3.63, 3.8) is 0 Å². The Morgan fingerprint density at radius 1 is 0.857 bits per heavy atom. The molecule has 7 heteroatoms. The summed E-state index contributed by atoms with van der Waals surface area (Å²) in [6, 6.07) is 24.5. The second-order valence-corrected chi connectivity index (χ2v) is 11.9. The van der Waals surface area contributed by atoms with Gasteiger partial charge in [0.25, 0.3) is 0 Å². The fourth-order valence-corrected chi connectivity index (χ4v) is 5.28. The summed E-state index contributed by atoms with van der Waals surface area (Å²) in [4.78, 5) is 38.7. The van der Waals surface area contributed by atoms with Crippen molar-refractivity contribution in [1.29, 1.82) is 0 Å². The summed E-state index contributed by atoms with van der Waals surface area (Å²) in [5.41, 5.74) is 4.83. The number of benzene rings is 3. The smallest absolute Gasteiger partial charge is 0.243 e. The van der Waals surface area contributed by atoms with Gasteiger partial charge in [0, 0.05) is 19.0 Å². The van der Waals surface area contributed by atoms with Crippen LogP contribution in [0.2, 0.25) is 0 Å². The van der Waals surface area contributed by atoms with Crippen molar-refractivity contribution in [3.8, 4) is 11.1 Å². The van der Waals surface area contributed by atoms with E-state index < -0.39 is 41.7 Å². The molecule has 2 N–H and O–H groups in total. The molecule has 0 saturated heterocycles. The van der Waals surface area contributed by atoms with Crippen molar-refractivity contribution in [2.45, 2.75) is 65.5 Å². The van der Waals surface area contributed by atoms with Gasteiger partial charge in [0.05, 0.1) is 12.6 Å². The van der Waals surface area contributed by atoms with Crippen molar-refractivity contribution < 1.29 is 24.2 Å². The fraction of sp³-hybridized carbons (Fsp3) is 0.400. The molecular formula is C35H43N2O5-. The Balaban J connectivity index is 1.74. The predicted molar refractivity (Wildman–Crippen MR) is 163 cm³/mol. The largest absolute Gasteiger partial charge is 0.550 e. The Morgan fingerprint density at radius 3 is 2.10 bits per heavy atom. The molecule has 42 heavy (non-hydrogen) atoms. The van der Waals surface area contributed by atoms with Gasteiger partial charge in [-0.05, 0) is 65.8 Å². The first kappa shape index (κ1) is 32.5. The molecule has 0 aliphatic carbocycles. The molecule has 0 aliphatic heterocycles. The molecule has 0 heterocycles. The maximum Gasteiger partial charge on any atom is 0.243 e. The number of ether oxygens (including phenoxy) is 1. The number of carboxylic acid groups (broad SMARTS) is 1. The molecular weight excluding hydrogens is 528 g/mol. The molecule has 2 amide bonds. The van der Waals surface area contributed by atoms with Crippen LogP contribution in [-0.2, 0) is 25.5 Å². The van der Waals surface area contributed by atoms with Gasteiger partial charge in [-0.15, -0.1) is 0 Å². The average molecular weight is 572 g/mol. The van der Waals surface area contributed by atoms with Crippen LogP contribution >= 0.6 is 0 Å². The molecule has 3 atom stereocenters. The number of nitrogens with one attached hydrogen (secondary N) is 2. The van der Waals surface area contributed by atoms with Crippen LogP contribution in [0, 0.1) is 18.3 Å². The molecule has 224 valence electrons. The Labute approximate surface area is 249 Å². The van der Waals surface area contributed by atoms with Gasteiger partial charge in [-0.1, -0.05) is 99.6 Å². The highest BCUT2D eigenvalue weighted by molar-refractivity contribution is 5.90. The Hall–Kier alpha value is -3.97. The summed E-state index contributed by atoms with van der Waals surface area (Å²) in [5.74, 6) is -2.95. The predicted octanol–water partition coefficient (Wildman–Crippen LogP) is 4.78. The molecule has 0 radical (unpaired) electrons. The monoisotopic (exact) mass is 571 g/mol. The van der Waals surface area contributed by atoms with E-state index in [4.69, 9.17) is 4.74 Å². The van der Waals surface area contributed by atoms with Gasteiger partial charge < -0.3 is 25.3 Å². The highest BCUT2D eigenvalue weighted by Crippen LogP contribution is 2.29. The fourth-order valence-electron chi connectivity index (χ4n) is 5.28. The molecule has 0 spiro atoms. The lowest BCUT2D eigenvalue weighted by Crippen LogP contribution is -2.55. The van der Waals surface area contributed by atoms with Crippen molar-refractivity contribution in [2.24, 2.45) is 11.3 Å². The van der Waals surface area contributed by atoms with Crippen molar-refractivity contribution in [2.75, 3.05) is 13.7 Å². The average Bonchev–Trinajstić information content (AvgIpc) is 2.95. The number of aryl methyl sites for hydroxylation is 2. The standard InChI is InChI=1S/C35H44N2O5/c1-24-14-12-19-27(31(24)26-17-10-7-11-18-26)20-13-21-28(22-30(38)39)33(40)37-32(35(2,3)4)34(41)36-29(23-42-5)25-15-8-6-9-16-25/h6-12,14-19,28-29,32H,13,20-23H2,1-5H3,(H,36,41)(H,37,40)(H,38,39)/p-1. The Bertz CT molecular complexity index is 1320. The van der Waals surface area contributed by atoms with Crippen LogP contribution in [0.3, 0.4) is 0 Å². The minimum absolute atomic E-state index is 0.262. The quantitative estimate of drug-likeness (QED) is 0.290. The Kier molecular flexibility index (Phi) is 11.9. The van der Waals surface area contributed by atoms with E-state index in [-0.39, 0.29) is 12.5 Å². The van der Waals surface area contributed by atoms with Crippen LogP contribution in [-0.4, -0.2) is 37.5 Å². The van der Waals surface area contributed by atoms with Gasteiger partial charge in [0.1, 0.15) is 6.04 Å². The third-order valence-electron chi connectivity index (χ3n) is 7.47. The summed E-state index contributed by atoms with van der Waals surface area (Å²) in [5, 5.41) is 17.5. The number of hydrogen-bond donors (Lipinski definition) is 2. The molecule has 0 fully saturated rings. The van der Waals surface area contributed by atoms with E-state index in [1.54, 1.807) is 7.11 Å². The van der Waals surface area contributed by atoms with Crippen LogP contribution in [0.4, 0.5) is 0 Å². The number of hydrogen-bond acceptors (Lipinski definition) is 5. The topological polar surface area (TPSA) is 108 Å². The first-order valence-corrected chi connectivity index (χ1v) is 14.5. The highest BCUT2D eigenvalue weighted by Gasteiger charge is 2.35. The second-order valence-electron chi connectivity index (χ2n) is 11.9. The molecule has 0 bridgehead atoms. The molecule has 3 aromatic carbocycles. The van der Waals surface area contributed by atoms with E-state index in [0.717, 1.165) is 27.8 Å². The van der Waals surface area contributed by atoms with Crippen molar-refractivity contribution in [1.82, 2.24) is 10.6 Å². The molecule has 0 aromatic heterocycles. The summed E-state index contributed by atoms with van der Waals surface area (Å²) >= 11 is 0. The number of methoxy groups -OCH3 is 1. The van der Waals surface area contributed by atoms with E-state index in [2.05, 4.69) is 41.8 Å². The van der Waals surface area contributed by atoms with Crippen molar-refractivity contribution >= 4 is 17.8 Å². The number of rotatable bonds is 14. The SMILES string of the molecule is COCC(NC(=O)C(NC(=O)C(CCCc1cccc(C)c1-c1ccccc1)CC(=O)[O-])C(C)(C)C)c1ccccc1. The normalized spacial score (nSPS) is 13.5. The third-order valence-corrected chi connectivity index (χ3v) is 7.47. The van der Waals surface area contributed by atoms with E-state index in [0.29, 0.717) is 19.3 Å². The van der Waals surface area contributed by atoms with Crippen LogP contribution in [0.5, 0.6) is 0 Å². The van der Waals surface area contributed by atoms with E-state index in [1.165, 1.54) is 0 Å². The molecule has 7 nitrogen and oxygen atoms in total. The van der Waals surface area contributed by atoms with Crippen molar-refractivity contribution in [3.05, 3.63) is 95.6 Å². The lowest BCUT2D eigenvalue weighted by atomic mass is 9.84. The van der Waals surface area contributed by atoms with Crippen LogP contribution in [0.25, 0.3) is 11.1 Å². The van der Waals surface area contributed by atoms with Crippen LogP contribution in [0.15, 0.2) is 78.9 Å². The van der Waals surface area contributed by atoms with E-state index in [9.17, 15) is 19.5 Å². The number of carbonyl (C=O) groups is 3. The molecule has 3 unspecified atom stereocenters. The number of carboxylic acids is 1. The first-order valence-electron chi connectivity index (χ1n) is 14.5. The van der Waals surface area contributed by atoms with Gasteiger partial charge in [-0.3, -0.25) is 9.59 Å². The molecule has 3 aromatic rings. The summed E-state index contributed by atoms with van der Waals surface area (Å²) in [6.45, 7) is 7.93. The molecule has 0 aliphatic rings. The lowest BCUT2D eigenvalue weighted by molar-refractivity contribution is -0.306. The van der Waals surface area contributed by atoms with Crippen LogP contribution < -0.4 is 15.7 Å². The zero-order chi connectivity index (χ0) is 30.7. The zero-order valence-electron chi connectivity index (χ0n) is 25.3. The third kappa shape index (κ3) is 9.28. The molecule has 0 saturated carbocycles. The van der Waals surface area contributed by atoms with Gasteiger partial charge >= 0.3 is 0 Å². The summed E-state index contributed by atoms with van der Waals surface area (Å²) in [7, 11) is 1.56. The van der Waals surface area contributed by atoms with E-state index >= 15 is 0 Å². The van der Waals surface area contributed by atoms with Gasteiger partial charge in [-0.2, -0.15) is 0 Å². The van der Waals surface area contributed by atoms with E-state index in [1.807, 2.05) is 75.4 Å². The maximum atomic E-state index is 13.5. The number of amides is 2. The number of carbonyl (C=O) groups excluding carboxylic acids is 3. The van der Waals surface area contributed by atoms with Gasteiger partial charge in [0.15, 0.2) is 0 Å². The number of aliphatic carboxylic acids is 1. The van der Waals surface area contributed by atoms with Gasteiger partial charge in [0.2, 0.25) is 11.8 Å². The lowest BCUT2D eigenvalue weighted by Gasteiger charge is -2.33. The highest BCUT2D eigenvalue weighted by atomic mass is 16.5. The zero-order valence-corrected chi connectivity index (χ0v) is 25.3. The first-order chi connectivity index (χ1) is 20.0. The van der Waals surface area contributed by atoms with Crippen LogP contribution in [0.1, 0.15) is 62.8 Å². The molecule has 3 rings (SSSR count).